The normalized spacial score (nSPS) is 10.3. The maximum atomic E-state index is 13.7. The maximum absolute atomic E-state index is 13.7. The van der Waals surface area contributed by atoms with Gasteiger partial charge in [0, 0.05) is 0 Å². The van der Waals surface area contributed by atoms with Gasteiger partial charge in [0.25, 0.3) is 0 Å². The van der Waals surface area contributed by atoms with Crippen molar-refractivity contribution in [2.45, 2.75) is 0 Å². The molecular formula is C12H14F2O5. The predicted molar refractivity (Wildman–Crippen MR) is 61.1 cm³/mol. The van der Waals surface area contributed by atoms with Crippen molar-refractivity contribution in [1.29, 1.82) is 0 Å². The Labute approximate surface area is 108 Å². The first-order valence-corrected chi connectivity index (χ1v) is 5.49. The van der Waals surface area contributed by atoms with Crippen molar-refractivity contribution in [2.24, 2.45) is 0 Å². The molecule has 5 nitrogen and oxygen atoms in total. The number of benzene rings is 1. The lowest BCUT2D eigenvalue weighted by Gasteiger charge is -2.09. The molecule has 0 saturated carbocycles. The first-order valence-electron chi connectivity index (χ1n) is 5.49. The van der Waals surface area contributed by atoms with Gasteiger partial charge >= 0.3 is 5.97 Å². The van der Waals surface area contributed by atoms with Crippen molar-refractivity contribution in [2.75, 3.05) is 33.5 Å². The average Bonchev–Trinajstić information content (AvgIpc) is 2.39. The molecule has 0 amide bonds. The second kappa shape index (κ2) is 7.65. The number of carbonyl (C=O) groups excluding carboxylic acids is 1. The Bertz CT molecular complexity index is 436. The van der Waals surface area contributed by atoms with Crippen LogP contribution in [0.15, 0.2) is 12.1 Å². The fraction of sp³-hybridized carbons (Fsp3) is 0.417. The quantitative estimate of drug-likeness (QED) is 0.597. The zero-order chi connectivity index (χ0) is 14.3. The molecule has 1 N–H and O–H groups in total. The number of aliphatic hydroxyl groups excluding tert-OH is 1. The predicted octanol–water partition coefficient (Wildman–Crippen LogP) is 1.14. The molecule has 7 heteroatoms. The van der Waals surface area contributed by atoms with Crippen molar-refractivity contribution in [1.82, 2.24) is 0 Å². The van der Waals surface area contributed by atoms with E-state index in [9.17, 15) is 13.6 Å². The Morgan fingerprint density at radius 3 is 2.63 bits per heavy atom. The molecule has 0 bridgehead atoms. The van der Waals surface area contributed by atoms with E-state index in [-0.39, 0.29) is 32.2 Å². The summed E-state index contributed by atoms with van der Waals surface area (Å²) >= 11 is 0. The van der Waals surface area contributed by atoms with Crippen LogP contribution in [0.3, 0.4) is 0 Å². The van der Waals surface area contributed by atoms with Crippen molar-refractivity contribution in [3.8, 4) is 5.75 Å². The molecule has 0 fully saturated rings. The van der Waals surface area contributed by atoms with Gasteiger partial charge in [0.1, 0.15) is 18.0 Å². The molecule has 0 spiro atoms. The molecule has 0 saturated heterocycles. The zero-order valence-electron chi connectivity index (χ0n) is 10.3. The van der Waals surface area contributed by atoms with Crippen molar-refractivity contribution < 1.29 is 32.9 Å². The van der Waals surface area contributed by atoms with Crippen LogP contribution in [0.2, 0.25) is 0 Å². The van der Waals surface area contributed by atoms with Gasteiger partial charge in [0.05, 0.1) is 26.9 Å². The topological polar surface area (TPSA) is 65.0 Å². The molecular weight excluding hydrogens is 262 g/mol. The average molecular weight is 276 g/mol. The first kappa shape index (κ1) is 15.3. The van der Waals surface area contributed by atoms with Crippen molar-refractivity contribution >= 4 is 5.97 Å². The van der Waals surface area contributed by atoms with Gasteiger partial charge < -0.3 is 19.3 Å². The summed E-state index contributed by atoms with van der Waals surface area (Å²) in [6, 6.07) is 1.99. The van der Waals surface area contributed by atoms with Crippen LogP contribution in [0.1, 0.15) is 10.4 Å². The van der Waals surface area contributed by atoms with Crippen LogP contribution < -0.4 is 4.74 Å². The van der Waals surface area contributed by atoms with Crippen molar-refractivity contribution in [3.63, 3.8) is 0 Å². The number of rotatable bonds is 7. The smallest absolute Gasteiger partial charge is 0.344 e. The molecule has 0 unspecified atom stereocenters. The number of aliphatic hydroxyl groups is 1. The number of methoxy groups -OCH3 is 1. The Balaban J connectivity index is 2.66. The van der Waals surface area contributed by atoms with Gasteiger partial charge in [0.15, 0.2) is 11.6 Å². The minimum absolute atomic E-state index is 0.0273. The van der Waals surface area contributed by atoms with Crippen molar-refractivity contribution in [3.05, 3.63) is 29.3 Å². The summed E-state index contributed by atoms with van der Waals surface area (Å²) in [5.74, 6) is -3.52. The van der Waals surface area contributed by atoms with E-state index in [0.717, 1.165) is 12.1 Å². The highest BCUT2D eigenvalue weighted by atomic mass is 19.1. The summed E-state index contributed by atoms with van der Waals surface area (Å²) in [6.45, 7) is -0.207. The third kappa shape index (κ3) is 4.15. The third-order valence-electron chi connectivity index (χ3n) is 2.18. The fourth-order valence-electron chi connectivity index (χ4n) is 1.31. The molecule has 0 aliphatic heterocycles. The summed E-state index contributed by atoms with van der Waals surface area (Å²) in [7, 11) is 1.20. The van der Waals surface area contributed by atoms with E-state index < -0.39 is 23.2 Å². The van der Waals surface area contributed by atoms with Crippen LogP contribution in [0.25, 0.3) is 0 Å². The fourth-order valence-corrected chi connectivity index (χ4v) is 1.31. The van der Waals surface area contributed by atoms with E-state index in [4.69, 9.17) is 9.84 Å². The van der Waals surface area contributed by atoms with E-state index in [1.165, 1.54) is 7.11 Å². The van der Waals surface area contributed by atoms with Crippen LogP contribution in [0, 0.1) is 11.6 Å². The Kier molecular flexibility index (Phi) is 6.17. The number of hydrogen-bond acceptors (Lipinski definition) is 5. The molecule has 0 heterocycles. The molecule has 106 valence electrons. The first-order chi connectivity index (χ1) is 9.11. The molecule has 0 aliphatic carbocycles. The van der Waals surface area contributed by atoms with E-state index in [2.05, 4.69) is 9.47 Å². The van der Waals surface area contributed by atoms with Gasteiger partial charge in [-0.1, -0.05) is 0 Å². The van der Waals surface area contributed by atoms with E-state index in [1.54, 1.807) is 0 Å². The SMILES string of the molecule is COc1ccc(F)c(C(=O)OCCOCCO)c1F. The largest absolute Gasteiger partial charge is 0.494 e. The van der Waals surface area contributed by atoms with Gasteiger partial charge in [-0.2, -0.15) is 0 Å². The number of ether oxygens (including phenoxy) is 3. The molecule has 1 aromatic rings. The number of carbonyl (C=O) groups is 1. The molecule has 1 aromatic carbocycles. The lowest BCUT2D eigenvalue weighted by Crippen LogP contribution is -2.15. The van der Waals surface area contributed by atoms with Crippen LogP contribution in [0.5, 0.6) is 5.75 Å². The van der Waals surface area contributed by atoms with Gasteiger partial charge in [-0.15, -0.1) is 0 Å². The minimum atomic E-state index is -1.14. The summed E-state index contributed by atoms with van der Waals surface area (Å²) < 4.78 is 41.2. The van der Waals surface area contributed by atoms with E-state index in [1.807, 2.05) is 0 Å². The molecule has 0 aromatic heterocycles. The summed E-state index contributed by atoms with van der Waals surface area (Å²) in [4.78, 5) is 11.5. The monoisotopic (exact) mass is 276 g/mol. The number of hydrogen-bond donors (Lipinski definition) is 1. The van der Waals surface area contributed by atoms with Gasteiger partial charge in [0.2, 0.25) is 0 Å². The lowest BCUT2D eigenvalue weighted by molar-refractivity contribution is 0.0250. The highest BCUT2D eigenvalue weighted by Gasteiger charge is 2.22. The zero-order valence-corrected chi connectivity index (χ0v) is 10.3. The Morgan fingerprint density at radius 2 is 2.00 bits per heavy atom. The third-order valence-corrected chi connectivity index (χ3v) is 2.18. The van der Waals surface area contributed by atoms with Gasteiger partial charge in [-0.25, -0.2) is 13.6 Å². The summed E-state index contributed by atoms with van der Waals surface area (Å²) in [5.41, 5.74) is -0.804. The number of halogens is 2. The second-order valence-electron chi connectivity index (χ2n) is 3.41. The van der Waals surface area contributed by atoms with E-state index >= 15 is 0 Å². The van der Waals surface area contributed by atoms with Crippen LogP contribution in [-0.4, -0.2) is 44.6 Å². The van der Waals surface area contributed by atoms with Gasteiger partial charge in [-0.05, 0) is 12.1 Å². The Morgan fingerprint density at radius 1 is 1.26 bits per heavy atom. The van der Waals surface area contributed by atoms with E-state index in [0.29, 0.717) is 0 Å². The molecule has 19 heavy (non-hydrogen) atoms. The molecule has 0 aliphatic rings. The summed E-state index contributed by atoms with van der Waals surface area (Å²) in [5, 5.41) is 8.44. The second-order valence-corrected chi connectivity index (χ2v) is 3.41. The van der Waals surface area contributed by atoms with Crippen LogP contribution in [-0.2, 0) is 9.47 Å². The highest BCUT2D eigenvalue weighted by Crippen LogP contribution is 2.23. The van der Waals surface area contributed by atoms with Crippen LogP contribution in [0.4, 0.5) is 8.78 Å². The number of esters is 1. The van der Waals surface area contributed by atoms with Gasteiger partial charge in [-0.3, -0.25) is 0 Å². The summed E-state index contributed by atoms with van der Waals surface area (Å²) in [6.07, 6.45) is 0. The van der Waals surface area contributed by atoms with Crippen LogP contribution >= 0.6 is 0 Å². The lowest BCUT2D eigenvalue weighted by atomic mass is 10.2. The molecule has 0 atom stereocenters. The highest BCUT2D eigenvalue weighted by molar-refractivity contribution is 5.90. The maximum Gasteiger partial charge on any atom is 0.344 e. The minimum Gasteiger partial charge on any atom is -0.494 e. The standard InChI is InChI=1S/C12H14F2O5/c1-17-9-3-2-8(13)10(11(9)14)12(16)19-7-6-18-5-4-15/h2-3,15H,4-7H2,1H3. The molecule has 0 radical (unpaired) electrons. The molecule has 1 rings (SSSR count). The Hall–Kier alpha value is -1.73.